The van der Waals surface area contributed by atoms with Gasteiger partial charge in [0.1, 0.15) is 0 Å². The van der Waals surface area contributed by atoms with Crippen LogP contribution in [0.3, 0.4) is 0 Å². The monoisotopic (exact) mass is 251 g/mol. The zero-order valence-corrected chi connectivity index (χ0v) is 10.8. The number of nitrogens with one attached hydrogen (secondary N) is 1. The molecule has 2 aliphatic heterocycles. The van der Waals surface area contributed by atoms with Crippen molar-refractivity contribution in [3.63, 3.8) is 0 Å². The summed E-state index contributed by atoms with van der Waals surface area (Å²) in [4.78, 5) is 0. The number of hydrogen-bond donors (Lipinski definition) is 1. The molecule has 0 spiro atoms. The first kappa shape index (κ1) is 11.1. The van der Waals surface area contributed by atoms with Gasteiger partial charge < -0.3 is 10.1 Å². The summed E-state index contributed by atoms with van der Waals surface area (Å²) in [6, 6.07) is 19.6. The number of benzene rings is 2. The molecule has 2 nitrogen and oxygen atoms in total. The van der Waals surface area contributed by atoms with Gasteiger partial charge in [-0.15, -0.1) is 0 Å². The van der Waals surface area contributed by atoms with Gasteiger partial charge in [0.25, 0.3) is 0 Å². The molecule has 0 unspecified atom stereocenters. The van der Waals surface area contributed by atoms with E-state index in [1.807, 2.05) is 0 Å². The first-order valence-corrected chi connectivity index (χ1v) is 6.95. The zero-order chi connectivity index (χ0) is 12.7. The van der Waals surface area contributed by atoms with Gasteiger partial charge in [0.2, 0.25) is 0 Å². The van der Waals surface area contributed by atoms with Gasteiger partial charge in [0.15, 0.2) is 0 Å². The molecule has 2 heteroatoms. The summed E-state index contributed by atoms with van der Waals surface area (Å²) in [6.07, 6.45) is 1.38. The highest BCUT2D eigenvalue weighted by Crippen LogP contribution is 2.49. The van der Waals surface area contributed by atoms with E-state index in [9.17, 15) is 0 Å². The third-order valence-corrected chi connectivity index (χ3v) is 4.30. The molecule has 1 N–H and O–H groups in total. The molecule has 1 saturated heterocycles. The number of rotatable bonds is 1. The molecular weight excluding hydrogens is 234 g/mol. The summed E-state index contributed by atoms with van der Waals surface area (Å²) in [5.41, 5.74) is 3.90. The fourth-order valence-corrected chi connectivity index (χ4v) is 3.41. The highest BCUT2D eigenvalue weighted by Gasteiger charge is 2.41. The van der Waals surface area contributed by atoms with Gasteiger partial charge in [-0.1, -0.05) is 48.5 Å². The Morgan fingerprint density at radius 2 is 1.74 bits per heavy atom. The maximum absolute atomic E-state index is 6.00. The van der Waals surface area contributed by atoms with Crippen molar-refractivity contribution in [2.45, 2.75) is 18.6 Å². The number of para-hydroxylation sites is 1. The van der Waals surface area contributed by atoms with E-state index in [1.54, 1.807) is 0 Å². The Balaban J connectivity index is 1.79. The summed E-state index contributed by atoms with van der Waals surface area (Å²) in [6.45, 7) is 0.870. The Kier molecular flexibility index (Phi) is 2.56. The molecule has 2 aliphatic rings. The Labute approximate surface area is 113 Å². The molecular formula is C17H17NO. The molecule has 96 valence electrons. The van der Waals surface area contributed by atoms with Crippen molar-refractivity contribution in [1.82, 2.24) is 0 Å². The van der Waals surface area contributed by atoms with Crippen molar-refractivity contribution in [3.05, 3.63) is 65.7 Å². The molecule has 0 aromatic heterocycles. The third-order valence-electron chi connectivity index (χ3n) is 4.30. The lowest BCUT2D eigenvalue weighted by Gasteiger charge is -2.36. The minimum atomic E-state index is 0.252. The third kappa shape index (κ3) is 1.75. The molecule has 2 aromatic rings. The van der Waals surface area contributed by atoms with Crippen LogP contribution in [-0.4, -0.2) is 6.61 Å². The smallest absolute Gasteiger partial charge is 0.0896 e. The lowest BCUT2D eigenvalue weighted by Crippen LogP contribution is -2.29. The van der Waals surface area contributed by atoms with Gasteiger partial charge in [-0.2, -0.15) is 0 Å². The van der Waals surface area contributed by atoms with Crippen LogP contribution in [0.15, 0.2) is 54.6 Å². The van der Waals surface area contributed by atoms with Crippen molar-refractivity contribution >= 4 is 5.69 Å². The van der Waals surface area contributed by atoms with E-state index < -0.39 is 0 Å². The quantitative estimate of drug-likeness (QED) is 0.829. The van der Waals surface area contributed by atoms with Gasteiger partial charge in [0.05, 0.1) is 12.1 Å². The fourth-order valence-electron chi connectivity index (χ4n) is 3.41. The van der Waals surface area contributed by atoms with Crippen LogP contribution in [0.4, 0.5) is 5.69 Å². The van der Waals surface area contributed by atoms with E-state index in [1.165, 1.54) is 16.8 Å². The average molecular weight is 251 g/mol. The highest BCUT2D eigenvalue weighted by molar-refractivity contribution is 5.57. The second-order valence-electron chi connectivity index (χ2n) is 5.36. The molecule has 4 rings (SSSR count). The molecule has 0 saturated carbocycles. The fraction of sp³-hybridized carbons (Fsp3) is 0.294. The second kappa shape index (κ2) is 4.39. The van der Waals surface area contributed by atoms with Crippen LogP contribution < -0.4 is 5.32 Å². The van der Waals surface area contributed by atoms with Crippen molar-refractivity contribution in [1.29, 1.82) is 0 Å². The molecule has 0 bridgehead atoms. The van der Waals surface area contributed by atoms with Crippen LogP contribution in [0.1, 0.15) is 29.7 Å². The van der Waals surface area contributed by atoms with Crippen molar-refractivity contribution < 1.29 is 4.74 Å². The maximum atomic E-state index is 6.00. The number of hydrogen-bond acceptors (Lipinski definition) is 2. The number of fused-ring (bicyclic) bond motifs is 3. The summed E-state index contributed by atoms with van der Waals surface area (Å²) < 4.78 is 6.00. The maximum Gasteiger partial charge on any atom is 0.0896 e. The molecule has 1 fully saturated rings. The van der Waals surface area contributed by atoms with Crippen LogP contribution in [0.5, 0.6) is 0 Å². The van der Waals surface area contributed by atoms with Crippen LogP contribution in [0, 0.1) is 5.92 Å². The SMILES string of the molecule is c1ccc([C@@H]2Nc3ccccc3[C@@H]3OCC[C@H]23)cc1. The van der Waals surface area contributed by atoms with E-state index in [4.69, 9.17) is 4.74 Å². The molecule has 3 atom stereocenters. The van der Waals surface area contributed by atoms with E-state index in [0.717, 1.165) is 13.0 Å². The topological polar surface area (TPSA) is 21.3 Å². The van der Waals surface area contributed by atoms with E-state index in [0.29, 0.717) is 12.0 Å². The standard InChI is InChI=1S/C17H17NO/c1-2-6-12(7-3-1)16-14-10-11-19-17(14)13-8-4-5-9-15(13)18-16/h1-9,14,16-18H,10-11H2/t14-,16+,17+/m1/s1. The lowest BCUT2D eigenvalue weighted by molar-refractivity contribution is 0.0829. The molecule has 0 amide bonds. The van der Waals surface area contributed by atoms with E-state index in [2.05, 4.69) is 59.9 Å². The summed E-state index contributed by atoms with van der Waals surface area (Å²) in [7, 11) is 0. The average Bonchev–Trinajstić information content (AvgIpc) is 2.97. The lowest BCUT2D eigenvalue weighted by atomic mass is 9.81. The predicted octanol–water partition coefficient (Wildman–Crippen LogP) is 3.93. The molecule has 19 heavy (non-hydrogen) atoms. The normalized spacial score (nSPS) is 28.3. The highest BCUT2D eigenvalue weighted by atomic mass is 16.5. The number of anilines is 1. The van der Waals surface area contributed by atoms with Gasteiger partial charge >= 0.3 is 0 Å². The van der Waals surface area contributed by atoms with Crippen molar-refractivity contribution in [2.24, 2.45) is 5.92 Å². The molecule has 2 aromatic carbocycles. The summed E-state index contributed by atoms with van der Waals surface area (Å²) in [5, 5.41) is 3.70. The van der Waals surface area contributed by atoms with E-state index >= 15 is 0 Å². The van der Waals surface area contributed by atoms with Crippen LogP contribution >= 0.6 is 0 Å². The van der Waals surface area contributed by atoms with Crippen LogP contribution in [0.25, 0.3) is 0 Å². The molecule has 0 radical (unpaired) electrons. The first-order chi connectivity index (χ1) is 9.43. The zero-order valence-electron chi connectivity index (χ0n) is 10.8. The summed E-state index contributed by atoms with van der Waals surface area (Å²) >= 11 is 0. The second-order valence-corrected chi connectivity index (χ2v) is 5.36. The molecule has 0 aliphatic carbocycles. The first-order valence-electron chi connectivity index (χ1n) is 6.95. The van der Waals surface area contributed by atoms with Crippen molar-refractivity contribution in [2.75, 3.05) is 11.9 Å². The minimum Gasteiger partial charge on any atom is -0.378 e. The minimum absolute atomic E-state index is 0.252. The largest absolute Gasteiger partial charge is 0.378 e. The van der Waals surface area contributed by atoms with Gasteiger partial charge in [-0.05, 0) is 18.1 Å². The predicted molar refractivity (Wildman–Crippen MR) is 76.0 cm³/mol. The summed E-state index contributed by atoms with van der Waals surface area (Å²) in [5.74, 6) is 0.539. The Hall–Kier alpha value is -1.80. The van der Waals surface area contributed by atoms with E-state index in [-0.39, 0.29) is 6.10 Å². The Morgan fingerprint density at radius 3 is 2.63 bits per heavy atom. The van der Waals surface area contributed by atoms with Gasteiger partial charge in [-0.3, -0.25) is 0 Å². The Morgan fingerprint density at radius 1 is 0.947 bits per heavy atom. The van der Waals surface area contributed by atoms with Gasteiger partial charge in [-0.25, -0.2) is 0 Å². The van der Waals surface area contributed by atoms with Gasteiger partial charge in [0, 0.05) is 23.8 Å². The van der Waals surface area contributed by atoms with Crippen molar-refractivity contribution in [3.8, 4) is 0 Å². The number of ether oxygens (including phenoxy) is 1. The van der Waals surface area contributed by atoms with Crippen LogP contribution in [-0.2, 0) is 4.74 Å². The van der Waals surface area contributed by atoms with Crippen LogP contribution in [0.2, 0.25) is 0 Å². The molecule has 2 heterocycles. The Bertz CT molecular complexity index is 581.